The maximum absolute atomic E-state index is 12.8. The minimum Gasteiger partial charge on any atom is -0.487 e. The average Bonchev–Trinajstić information content (AvgIpc) is 2.85. The Morgan fingerprint density at radius 2 is 1.86 bits per heavy atom. The maximum Gasteiger partial charge on any atom is 0.339 e. The predicted molar refractivity (Wildman–Crippen MR) is 132 cm³/mol. The molecule has 1 aromatic heterocycles. The highest BCUT2D eigenvalue weighted by molar-refractivity contribution is 5.92. The maximum atomic E-state index is 12.8. The van der Waals surface area contributed by atoms with Gasteiger partial charge in [0.2, 0.25) is 0 Å². The largest absolute Gasteiger partial charge is 0.487 e. The predicted octanol–water partition coefficient (Wildman–Crippen LogP) is 4.00. The van der Waals surface area contributed by atoms with Gasteiger partial charge in [-0.05, 0) is 63.5 Å². The summed E-state index contributed by atoms with van der Waals surface area (Å²) >= 11 is 0. The van der Waals surface area contributed by atoms with Crippen LogP contribution < -0.4 is 20.4 Å². The van der Waals surface area contributed by atoms with Crippen molar-refractivity contribution in [1.82, 2.24) is 5.32 Å². The van der Waals surface area contributed by atoms with Crippen molar-refractivity contribution < 1.29 is 23.8 Å². The van der Waals surface area contributed by atoms with Crippen LogP contribution in [0.25, 0.3) is 11.0 Å². The zero-order chi connectivity index (χ0) is 24.6. The molecule has 35 heavy (non-hydrogen) atoms. The fourth-order valence-electron chi connectivity index (χ4n) is 5.03. The highest BCUT2D eigenvalue weighted by Crippen LogP contribution is 2.44. The van der Waals surface area contributed by atoms with Crippen molar-refractivity contribution in [2.24, 2.45) is 0 Å². The molecule has 0 fully saturated rings. The lowest BCUT2D eigenvalue weighted by molar-refractivity contribution is -0.123. The average molecular weight is 478 g/mol. The first-order valence-corrected chi connectivity index (χ1v) is 12.3. The summed E-state index contributed by atoms with van der Waals surface area (Å²) in [5.41, 5.74) is 3.16. The molecule has 0 bridgehead atoms. The van der Waals surface area contributed by atoms with E-state index >= 15 is 0 Å². The molecular formula is C28H31NO6. The van der Waals surface area contributed by atoms with E-state index < -0.39 is 6.10 Å². The van der Waals surface area contributed by atoms with Gasteiger partial charge in [-0.1, -0.05) is 30.3 Å². The van der Waals surface area contributed by atoms with Gasteiger partial charge in [0.25, 0.3) is 5.91 Å². The van der Waals surface area contributed by atoms with Crippen LogP contribution in [0.3, 0.4) is 0 Å². The Morgan fingerprint density at radius 3 is 2.63 bits per heavy atom. The first-order valence-electron chi connectivity index (χ1n) is 12.3. The van der Waals surface area contributed by atoms with E-state index in [4.69, 9.17) is 13.9 Å². The molecule has 2 heterocycles. The van der Waals surface area contributed by atoms with Gasteiger partial charge >= 0.3 is 5.63 Å². The number of hydrogen-bond donors (Lipinski definition) is 2. The summed E-state index contributed by atoms with van der Waals surface area (Å²) in [7, 11) is 0. The van der Waals surface area contributed by atoms with Gasteiger partial charge in [0, 0.05) is 23.7 Å². The van der Waals surface area contributed by atoms with Crippen molar-refractivity contribution in [3.8, 4) is 11.5 Å². The zero-order valence-electron chi connectivity index (χ0n) is 20.2. The van der Waals surface area contributed by atoms with Crippen LogP contribution in [0.4, 0.5) is 0 Å². The van der Waals surface area contributed by atoms with Crippen LogP contribution in [-0.2, 0) is 24.1 Å². The Hall–Kier alpha value is -3.32. The summed E-state index contributed by atoms with van der Waals surface area (Å²) in [5.74, 6) is 0.762. The molecule has 1 aliphatic carbocycles. The smallest absolute Gasteiger partial charge is 0.339 e. The normalized spacial score (nSPS) is 17.1. The third-order valence-corrected chi connectivity index (χ3v) is 6.92. The lowest BCUT2D eigenvalue weighted by Gasteiger charge is -2.33. The van der Waals surface area contributed by atoms with Crippen LogP contribution in [0.15, 0.2) is 45.6 Å². The van der Waals surface area contributed by atoms with Crippen LogP contribution in [0.5, 0.6) is 11.5 Å². The molecule has 2 aromatic carbocycles. The molecule has 0 saturated heterocycles. The topological polar surface area (TPSA) is 98.0 Å². The fourth-order valence-corrected chi connectivity index (χ4v) is 5.03. The van der Waals surface area contributed by atoms with Crippen molar-refractivity contribution in [1.29, 1.82) is 0 Å². The second-order valence-corrected chi connectivity index (χ2v) is 9.99. The van der Waals surface area contributed by atoms with Gasteiger partial charge in [0.15, 0.2) is 6.61 Å². The van der Waals surface area contributed by atoms with E-state index in [9.17, 15) is 14.7 Å². The number of aryl methyl sites for hydroxylation is 2. The number of benzene rings is 2. The summed E-state index contributed by atoms with van der Waals surface area (Å²) < 4.78 is 18.1. The van der Waals surface area contributed by atoms with Crippen LogP contribution in [0.1, 0.15) is 61.5 Å². The van der Waals surface area contributed by atoms with Crippen molar-refractivity contribution in [2.45, 2.75) is 64.1 Å². The van der Waals surface area contributed by atoms with Crippen molar-refractivity contribution >= 4 is 16.9 Å². The monoisotopic (exact) mass is 477 g/mol. The fraction of sp³-hybridized carbons (Fsp3) is 0.429. The number of nitrogens with one attached hydrogen (secondary N) is 1. The standard InChI is InChI=1S/C28H31NO6/c1-28(2)13-12-20-22(35-28)14-23(25-18-10-6-7-11-19(18)27(32)34-26(20)25)33-16-24(31)29-15-21(30)17-8-4-3-5-9-17/h3-5,8-9,14,21,30H,6-7,10-13,15-16H2,1-2H3,(H,29,31). The number of amides is 1. The number of aliphatic hydroxyl groups is 1. The second kappa shape index (κ2) is 9.38. The molecule has 7 heteroatoms. The van der Waals surface area contributed by atoms with Gasteiger partial charge in [0.05, 0.1) is 11.5 Å². The Bertz CT molecular complexity index is 1310. The summed E-state index contributed by atoms with van der Waals surface area (Å²) in [6.07, 6.45) is 4.14. The number of fused-ring (bicyclic) bond motifs is 5. The Morgan fingerprint density at radius 1 is 1.11 bits per heavy atom. The van der Waals surface area contributed by atoms with Gasteiger partial charge in [-0.15, -0.1) is 0 Å². The number of ether oxygens (including phenoxy) is 2. The van der Waals surface area contributed by atoms with E-state index in [0.717, 1.165) is 54.2 Å². The lowest BCUT2D eigenvalue weighted by Crippen LogP contribution is -2.33. The van der Waals surface area contributed by atoms with E-state index in [1.165, 1.54) is 0 Å². The molecule has 0 spiro atoms. The SMILES string of the molecule is CC1(C)CCc2c(cc(OCC(=O)NCC(O)c3ccccc3)c3c4c(c(=O)oc23)CCCC4)O1. The zero-order valence-corrected chi connectivity index (χ0v) is 20.2. The molecule has 2 aliphatic rings. The molecule has 5 rings (SSSR count). The van der Waals surface area contributed by atoms with Crippen molar-refractivity contribution in [3.63, 3.8) is 0 Å². The molecule has 2 N–H and O–H groups in total. The van der Waals surface area contributed by atoms with Gasteiger partial charge in [0.1, 0.15) is 22.7 Å². The third-order valence-electron chi connectivity index (χ3n) is 6.92. The van der Waals surface area contributed by atoms with Crippen LogP contribution in [-0.4, -0.2) is 29.8 Å². The molecule has 0 saturated carbocycles. The molecule has 7 nitrogen and oxygen atoms in total. The number of rotatable bonds is 6. The highest BCUT2D eigenvalue weighted by atomic mass is 16.5. The lowest BCUT2D eigenvalue weighted by atomic mass is 9.87. The minimum atomic E-state index is -0.804. The first-order chi connectivity index (χ1) is 16.8. The van der Waals surface area contributed by atoms with Gasteiger partial charge in [-0.2, -0.15) is 0 Å². The summed E-state index contributed by atoms with van der Waals surface area (Å²) in [5, 5.41) is 13.8. The summed E-state index contributed by atoms with van der Waals surface area (Å²) in [6.45, 7) is 3.90. The van der Waals surface area contributed by atoms with Crippen molar-refractivity contribution in [3.05, 3.63) is 69.1 Å². The van der Waals surface area contributed by atoms with Crippen LogP contribution in [0.2, 0.25) is 0 Å². The molecular weight excluding hydrogens is 446 g/mol. The Labute approximate surface area is 204 Å². The minimum absolute atomic E-state index is 0.0821. The first kappa shape index (κ1) is 23.4. The van der Waals surface area contributed by atoms with Gasteiger partial charge in [-0.25, -0.2) is 4.79 Å². The quantitative estimate of drug-likeness (QED) is 0.521. The number of carbonyl (C=O) groups excluding carboxylic acids is 1. The summed E-state index contributed by atoms with van der Waals surface area (Å²) in [4.78, 5) is 25.4. The third kappa shape index (κ3) is 4.78. The molecule has 1 aliphatic heterocycles. The summed E-state index contributed by atoms with van der Waals surface area (Å²) in [6, 6.07) is 11.0. The van der Waals surface area contributed by atoms with Gasteiger partial charge in [-0.3, -0.25) is 4.79 Å². The van der Waals surface area contributed by atoms with Crippen LogP contribution >= 0.6 is 0 Å². The van der Waals surface area contributed by atoms with Gasteiger partial charge < -0.3 is 24.3 Å². The molecule has 0 radical (unpaired) electrons. The molecule has 3 aromatic rings. The number of hydrogen-bond acceptors (Lipinski definition) is 6. The Balaban J connectivity index is 1.43. The van der Waals surface area contributed by atoms with E-state index in [1.54, 1.807) is 0 Å². The Kier molecular flexibility index (Phi) is 6.28. The van der Waals surface area contributed by atoms with E-state index in [0.29, 0.717) is 29.1 Å². The van der Waals surface area contributed by atoms with E-state index in [1.807, 2.05) is 50.2 Å². The molecule has 1 unspecified atom stereocenters. The van der Waals surface area contributed by atoms with Crippen LogP contribution in [0, 0.1) is 0 Å². The number of aliphatic hydroxyl groups excluding tert-OH is 1. The second-order valence-electron chi connectivity index (χ2n) is 9.99. The van der Waals surface area contributed by atoms with E-state index in [2.05, 4.69) is 5.32 Å². The molecule has 1 atom stereocenters. The van der Waals surface area contributed by atoms with E-state index in [-0.39, 0.29) is 30.3 Å². The molecule has 1 amide bonds. The number of carbonyl (C=O) groups is 1. The van der Waals surface area contributed by atoms with Crippen molar-refractivity contribution in [2.75, 3.05) is 13.2 Å². The highest BCUT2D eigenvalue weighted by Gasteiger charge is 2.32. The molecule has 184 valence electrons.